The Bertz CT molecular complexity index is 965. The van der Waals surface area contributed by atoms with Crippen molar-refractivity contribution in [3.63, 3.8) is 0 Å². The van der Waals surface area contributed by atoms with Gasteiger partial charge in [-0.3, -0.25) is 4.79 Å². The Kier molecular flexibility index (Phi) is 6.17. The van der Waals surface area contributed by atoms with Gasteiger partial charge in [0.05, 0.1) is 31.1 Å². The van der Waals surface area contributed by atoms with Crippen LogP contribution in [0.2, 0.25) is 0 Å². The number of anilines is 1. The van der Waals surface area contributed by atoms with Crippen LogP contribution >= 0.6 is 0 Å². The SMILES string of the molecule is Cc1cccc(NC(=O)C[NH+]2CCN(S(=O)(=O)c3ccc(C)cc3C)CC2)c1. The molecule has 1 aliphatic rings. The summed E-state index contributed by atoms with van der Waals surface area (Å²) in [5, 5.41) is 2.92. The van der Waals surface area contributed by atoms with Crippen LogP contribution in [-0.2, 0) is 14.8 Å². The summed E-state index contributed by atoms with van der Waals surface area (Å²) < 4.78 is 27.5. The van der Waals surface area contributed by atoms with E-state index in [9.17, 15) is 13.2 Å². The van der Waals surface area contributed by atoms with Crippen LogP contribution < -0.4 is 10.2 Å². The minimum Gasteiger partial charge on any atom is -0.325 e. The van der Waals surface area contributed by atoms with Crippen LogP contribution in [-0.4, -0.2) is 51.4 Å². The van der Waals surface area contributed by atoms with E-state index in [4.69, 9.17) is 0 Å². The van der Waals surface area contributed by atoms with Crippen LogP contribution in [0.3, 0.4) is 0 Å². The first-order valence-electron chi connectivity index (χ1n) is 9.53. The van der Waals surface area contributed by atoms with Crippen LogP contribution in [0.4, 0.5) is 5.69 Å². The second kappa shape index (κ2) is 8.43. The smallest absolute Gasteiger partial charge is 0.279 e. The largest absolute Gasteiger partial charge is 0.325 e. The highest BCUT2D eigenvalue weighted by atomic mass is 32.2. The predicted molar refractivity (Wildman–Crippen MR) is 110 cm³/mol. The average Bonchev–Trinajstić information content (AvgIpc) is 2.61. The Morgan fingerprint density at radius 1 is 1.04 bits per heavy atom. The fraction of sp³-hybridized carbons (Fsp3) is 0.381. The number of rotatable bonds is 5. The molecule has 0 unspecified atom stereocenters. The molecule has 6 nitrogen and oxygen atoms in total. The molecule has 150 valence electrons. The second-order valence-corrected chi connectivity index (χ2v) is 9.42. The van der Waals surface area contributed by atoms with Crippen molar-refractivity contribution in [3.8, 4) is 0 Å². The summed E-state index contributed by atoms with van der Waals surface area (Å²) in [6.07, 6.45) is 0. The number of nitrogens with one attached hydrogen (secondary N) is 2. The van der Waals surface area contributed by atoms with E-state index in [1.165, 1.54) is 4.31 Å². The van der Waals surface area contributed by atoms with Crippen molar-refractivity contribution in [1.29, 1.82) is 0 Å². The summed E-state index contributed by atoms with van der Waals surface area (Å²) in [7, 11) is -3.50. The van der Waals surface area contributed by atoms with Crippen LogP contribution in [0, 0.1) is 20.8 Å². The standard InChI is InChI=1S/C21H27N3O3S/c1-16-5-4-6-19(14-16)22-21(25)15-23-9-11-24(12-10-23)28(26,27)20-8-7-17(2)13-18(20)3/h4-8,13-14H,9-12,15H2,1-3H3,(H,22,25)/p+1. The zero-order valence-electron chi connectivity index (χ0n) is 16.7. The van der Waals surface area contributed by atoms with Gasteiger partial charge in [-0.15, -0.1) is 0 Å². The molecule has 0 radical (unpaired) electrons. The van der Waals surface area contributed by atoms with E-state index in [0.29, 0.717) is 37.6 Å². The van der Waals surface area contributed by atoms with Crippen molar-refractivity contribution in [2.75, 3.05) is 38.0 Å². The van der Waals surface area contributed by atoms with Gasteiger partial charge in [0.25, 0.3) is 5.91 Å². The number of benzene rings is 2. The molecule has 0 atom stereocenters. The molecule has 1 saturated heterocycles. The quantitative estimate of drug-likeness (QED) is 0.788. The molecule has 0 spiro atoms. The van der Waals surface area contributed by atoms with E-state index in [0.717, 1.165) is 27.3 Å². The van der Waals surface area contributed by atoms with E-state index < -0.39 is 10.0 Å². The molecule has 1 fully saturated rings. The molecule has 0 aromatic heterocycles. The van der Waals surface area contributed by atoms with Crippen LogP contribution in [0.25, 0.3) is 0 Å². The van der Waals surface area contributed by atoms with E-state index in [1.807, 2.05) is 57.2 Å². The summed E-state index contributed by atoms with van der Waals surface area (Å²) in [5.41, 5.74) is 3.70. The van der Waals surface area contributed by atoms with E-state index >= 15 is 0 Å². The zero-order chi connectivity index (χ0) is 20.3. The van der Waals surface area contributed by atoms with Crippen molar-refractivity contribution in [2.24, 2.45) is 0 Å². The zero-order valence-corrected chi connectivity index (χ0v) is 17.5. The number of carbonyl (C=O) groups excluding carboxylic acids is 1. The van der Waals surface area contributed by atoms with Gasteiger partial charge in [-0.1, -0.05) is 29.8 Å². The van der Waals surface area contributed by atoms with Gasteiger partial charge in [0.1, 0.15) is 0 Å². The first-order chi connectivity index (χ1) is 13.3. The van der Waals surface area contributed by atoms with E-state index in [1.54, 1.807) is 6.07 Å². The summed E-state index contributed by atoms with van der Waals surface area (Å²) in [6, 6.07) is 13.1. The van der Waals surface area contributed by atoms with Gasteiger partial charge in [-0.05, 0) is 50.1 Å². The third-order valence-electron chi connectivity index (χ3n) is 5.09. The Morgan fingerprint density at radius 3 is 2.36 bits per heavy atom. The second-order valence-electron chi connectivity index (χ2n) is 7.52. The molecule has 0 aliphatic carbocycles. The molecule has 0 saturated carbocycles. The first-order valence-corrected chi connectivity index (χ1v) is 11.0. The maximum atomic E-state index is 13.0. The molecule has 1 aliphatic heterocycles. The van der Waals surface area contributed by atoms with Gasteiger partial charge in [0.15, 0.2) is 6.54 Å². The average molecular weight is 403 g/mol. The van der Waals surface area contributed by atoms with Crippen molar-refractivity contribution in [1.82, 2.24) is 4.31 Å². The Morgan fingerprint density at radius 2 is 1.71 bits per heavy atom. The number of sulfonamides is 1. The molecule has 28 heavy (non-hydrogen) atoms. The van der Waals surface area contributed by atoms with Gasteiger partial charge in [0, 0.05) is 5.69 Å². The summed E-state index contributed by atoms with van der Waals surface area (Å²) in [5.74, 6) is -0.0497. The third-order valence-corrected chi connectivity index (χ3v) is 7.15. The summed E-state index contributed by atoms with van der Waals surface area (Å²) >= 11 is 0. The number of hydrogen-bond acceptors (Lipinski definition) is 3. The highest BCUT2D eigenvalue weighted by Crippen LogP contribution is 2.20. The van der Waals surface area contributed by atoms with E-state index in [-0.39, 0.29) is 5.91 Å². The topological polar surface area (TPSA) is 70.9 Å². The van der Waals surface area contributed by atoms with Crippen LogP contribution in [0.15, 0.2) is 47.4 Å². The minimum absolute atomic E-state index is 0.0497. The van der Waals surface area contributed by atoms with Gasteiger partial charge in [-0.25, -0.2) is 8.42 Å². The number of nitrogens with zero attached hydrogens (tertiary/aromatic N) is 1. The van der Waals surface area contributed by atoms with E-state index in [2.05, 4.69) is 5.32 Å². The number of piperazine rings is 1. The fourth-order valence-electron chi connectivity index (χ4n) is 3.60. The molecule has 7 heteroatoms. The van der Waals surface area contributed by atoms with Gasteiger partial charge in [-0.2, -0.15) is 4.31 Å². The number of quaternary nitrogens is 1. The number of hydrogen-bond donors (Lipinski definition) is 2. The van der Waals surface area contributed by atoms with Crippen molar-refractivity contribution in [2.45, 2.75) is 25.7 Å². The molecule has 0 bridgehead atoms. The number of amides is 1. The van der Waals surface area contributed by atoms with Gasteiger partial charge < -0.3 is 10.2 Å². The third kappa shape index (κ3) is 4.79. The number of carbonyl (C=O) groups is 1. The Hall–Kier alpha value is -2.22. The molecular weight excluding hydrogens is 374 g/mol. The van der Waals surface area contributed by atoms with Gasteiger partial charge >= 0.3 is 0 Å². The Balaban J connectivity index is 1.57. The lowest BCUT2D eigenvalue weighted by Gasteiger charge is -2.31. The molecule has 3 rings (SSSR count). The monoisotopic (exact) mass is 402 g/mol. The Labute approximate surface area is 167 Å². The maximum absolute atomic E-state index is 13.0. The molecule has 2 aromatic rings. The molecule has 1 heterocycles. The fourth-order valence-corrected chi connectivity index (χ4v) is 5.25. The maximum Gasteiger partial charge on any atom is 0.279 e. The minimum atomic E-state index is -3.50. The van der Waals surface area contributed by atoms with Crippen LogP contribution in [0.5, 0.6) is 0 Å². The van der Waals surface area contributed by atoms with Gasteiger partial charge in [0.2, 0.25) is 10.0 Å². The molecule has 2 N–H and O–H groups in total. The normalized spacial score (nSPS) is 16.1. The van der Waals surface area contributed by atoms with Crippen LogP contribution in [0.1, 0.15) is 16.7 Å². The lowest BCUT2D eigenvalue weighted by atomic mass is 10.2. The molecule has 2 aromatic carbocycles. The predicted octanol–water partition coefficient (Wildman–Crippen LogP) is 1.14. The van der Waals surface area contributed by atoms with Crippen molar-refractivity contribution < 1.29 is 18.1 Å². The van der Waals surface area contributed by atoms with Crippen molar-refractivity contribution >= 4 is 21.6 Å². The highest BCUT2D eigenvalue weighted by Gasteiger charge is 2.32. The lowest BCUT2D eigenvalue weighted by Crippen LogP contribution is -3.15. The molecule has 1 amide bonds. The first kappa shape index (κ1) is 20.5. The molecular formula is C21H28N3O3S+. The summed E-state index contributed by atoms with van der Waals surface area (Å²) in [6.45, 7) is 8.17. The summed E-state index contributed by atoms with van der Waals surface area (Å²) in [4.78, 5) is 13.8. The lowest BCUT2D eigenvalue weighted by molar-refractivity contribution is -0.895. The number of aryl methyl sites for hydroxylation is 3. The van der Waals surface area contributed by atoms with Crippen molar-refractivity contribution in [3.05, 3.63) is 59.2 Å². The highest BCUT2D eigenvalue weighted by molar-refractivity contribution is 7.89.